The number of nitrogens with one attached hydrogen (secondary N) is 1. The van der Waals surface area contributed by atoms with E-state index < -0.39 is 0 Å². The second-order valence-electron chi connectivity index (χ2n) is 5.03. The van der Waals surface area contributed by atoms with E-state index in [0.29, 0.717) is 0 Å². The van der Waals surface area contributed by atoms with Gasteiger partial charge in [-0.05, 0) is 45.2 Å². The summed E-state index contributed by atoms with van der Waals surface area (Å²) in [7, 11) is 2.22. The maximum Gasteiger partial charge on any atom is 0.0209 e. The Labute approximate surface area is 81.7 Å². The van der Waals surface area contributed by atoms with Crippen molar-refractivity contribution in [1.82, 2.24) is 10.2 Å². The fourth-order valence-corrected chi connectivity index (χ4v) is 2.76. The standard InChI is InChI=1S/C11H22N2/c1-9-3-4-10(7-9)12-11-5-6-13(2)8-11/h9-12H,3-8H2,1-2H3/t9-,10-,11+/m0/s1. The molecule has 1 saturated carbocycles. The van der Waals surface area contributed by atoms with E-state index in [9.17, 15) is 0 Å². The van der Waals surface area contributed by atoms with E-state index in [4.69, 9.17) is 0 Å². The molecule has 0 aromatic carbocycles. The Hall–Kier alpha value is -0.0800. The zero-order chi connectivity index (χ0) is 9.26. The average molecular weight is 182 g/mol. The van der Waals surface area contributed by atoms with Crippen LogP contribution in [0.2, 0.25) is 0 Å². The fourth-order valence-electron chi connectivity index (χ4n) is 2.76. The predicted octanol–water partition coefficient (Wildman–Crippen LogP) is 1.47. The molecular formula is C11H22N2. The van der Waals surface area contributed by atoms with E-state index in [2.05, 4.69) is 24.2 Å². The first-order chi connectivity index (χ1) is 6.24. The molecule has 13 heavy (non-hydrogen) atoms. The van der Waals surface area contributed by atoms with Gasteiger partial charge in [-0.15, -0.1) is 0 Å². The third-order valence-electron chi connectivity index (χ3n) is 3.56. The van der Waals surface area contributed by atoms with E-state index in [-0.39, 0.29) is 0 Å². The van der Waals surface area contributed by atoms with Crippen LogP contribution in [-0.4, -0.2) is 37.1 Å². The predicted molar refractivity (Wildman–Crippen MR) is 55.8 cm³/mol. The third-order valence-corrected chi connectivity index (χ3v) is 3.56. The van der Waals surface area contributed by atoms with Crippen molar-refractivity contribution < 1.29 is 0 Å². The van der Waals surface area contributed by atoms with E-state index in [1.54, 1.807) is 0 Å². The van der Waals surface area contributed by atoms with Crippen molar-refractivity contribution in [3.8, 4) is 0 Å². The van der Waals surface area contributed by atoms with Crippen molar-refractivity contribution >= 4 is 0 Å². The SMILES string of the molecule is C[C@H]1CC[C@H](N[C@@H]2CCN(C)C2)C1. The van der Waals surface area contributed by atoms with Crippen LogP contribution in [-0.2, 0) is 0 Å². The molecule has 0 aromatic rings. The van der Waals surface area contributed by atoms with Crippen molar-refractivity contribution in [2.24, 2.45) is 5.92 Å². The molecule has 2 rings (SSSR count). The van der Waals surface area contributed by atoms with Crippen LogP contribution in [0.4, 0.5) is 0 Å². The van der Waals surface area contributed by atoms with Gasteiger partial charge < -0.3 is 10.2 Å². The van der Waals surface area contributed by atoms with Gasteiger partial charge in [-0.25, -0.2) is 0 Å². The summed E-state index contributed by atoms with van der Waals surface area (Å²) in [5.41, 5.74) is 0. The number of nitrogens with zero attached hydrogens (tertiary/aromatic N) is 1. The van der Waals surface area contributed by atoms with Crippen molar-refractivity contribution in [3.05, 3.63) is 0 Å². The maximum absolute atomic E-state index is 3.80. The summed E-state index contributed by atoms with van der Waals surface area (Å²) in [5.74, 6) is 0.955. The fraction of sp³-hybridized carbons (Fsp3) is 1.00. The minimum atomic E-state index is 0.778. The Morgan fingerprint density at radius 1 is 1.15 bits per heavy atom. The third kappa shape index (κ3) is 2.44. The van der Waals surface area contributed by atoms with Gasteiger partial charge in [0.2, 0.25) is 0 Å². The molecule has 3 atom stereocenters. The Kier molecular flexibility index (Phi) is 2.89. The summed E-state index contributed by atoms with van der Waals surface area (Å²) in [6.45, 7) is 4.91. The lowest BCUT2D eigenvalue weighted by Gasteiger charge is -2.18. The Bertz CT molecular complexity index is 151. The van der Waals surface area contributed by atoms with Crippen LogP contribution in [0.1, 0.15) is 32.6 Å². The molecule has 1 aliphatic heterocycles. The van der Waals surface area contributed by atoms with Gasteiger partial charge >= 0.3 is 0 Å². The summed E-state index contributed by atoms with van der Waals surface area (Å²) in [5, 5.41) is 3.80. The lowest BCUT2D eigenvalue weighted by molar-refractivity contribution is 0.378. The summed E-state index contributed by atoms with van der Waals surface area (Å²) in [6.07, 6.45) is 5.59. The smallest absolute Gasteiger partial charge is 0.0209 e. The maximum atomic E-state index is 3.80. The highest BCUT2D eigenvalue weighted by atomic mass is 15.2. The second-order valence-corrected chi connectivity index (χ2v) is 5.03. The zero-order valence-electron chi connectivity index (χ0n) is 8.92. The molecule has 2 nitrogen and oxygen atoms in total. The monoisotopic (exact) mass is 182 g/mol. The van der Waals surface area contributed by atoms with Crippen LogP contribution in [0.3, 0.4) is 0 Å². The molecule has 2 heteroatoms. The lowest BCUT2D eigenvalue weighted by atomic mass is 10.1. The molecule has 0 spiro atoms. The normalized spacial score (nSPS) is 41.5. The Morgan fingerprint density at radius 2 is 2.00 bits per heavy atom. The van der Waals surface area contributed by atoms with Crippen LogP contribution >= 0.6 is 0 Å². The summed E-state index contributed by atoms with van der Waals surface area (Å²) < 4.78 is 0. The first-order valence-corrected chi connectivity index (χ1v) is 5.68. The van der Waals surface area contributed by atoms with Gasteiger partial charge in [0.05, 0.1) is 0 Å². The quantitative estimate of drug-likeness (QED) is 0.695. The van der Waals surface area contributed by atoms with Crippen LogP contribution in [0.25, 0.3) is 0 Å². The molecule has 0 bridgehead atoms. The minimum absolute atomic E-state index is 0.778. The topological polar surface area (TPSA) is 15.3 Å². The van der Waals surface area contributed by atoms with Crippen LogP contribution in [0.15, 0.2) is 0 Å². The summed E-state index contributed by atoms with van der Waals surface area (Å²) >= 11 is 0. The number of likely N-dealkylation sites (N-methyl/N-ethyl adjacent to an activating group) is 1. The van der Waals surface area contributed by atoms with Gasteiger partial charge in [0.1, 0.15) is 0 Å². The Balaban J connectivity index is 1.72. The molecule has 1 saturated heterocycles. The summed E-state index contributed by atoms with van der Waals surface area (Å²) in [6, 6.07) is 1.60. The van der Waals surface area contributed by atoms with E-state index >= 15 is 0 Å². The van der Waals surface area contributed by atoms with Crippen molar-refractivity contribution in [2.75, 3.05) is 20.1 Å². The number of hydrogen-bond donors (Lipinski definition) is 1. The van der Waals surface area contributed by atoms with Crippen LogP contribution < -0.4 is 5.32 Å². The minimum Gasteiger partial charge on any atom is -0.310 e. The summed E-state index contributed by atoms with van der Waals surface area (Å²) in [4.78, 5) is 2.43. The molecule has 0 amide bonds. The van der Waals surface area contributed by atoms with Crippen molar-refractivity contribution in [3.63, 3.8) is 0 Å². The van der Waals surface area contributed by atoms with Gasteiger partial charge in [0, 0.05) is 18.6 Å². The molecule has 1 aliphatic carbocycles. The molecule has 2 fully saturated rings. The molecule has 0 radical (unpaired) electrons. The molecule has 0 aromatic heterocycles. The molecule has 76 valence electrons. The number of likely N-dealkylation sites (tertiary alicyclic amines) is 1. The van der Waals surface area contributed by atoms with E-state index in [0.717, 1.165) is 18.0 Å². The van der Waals surface area contributed by atoms with E-state index in [1.807, 2.05) is 0 Å². The van der Waals surface area contributed by atoms with Crippen molar-refractivity contribution in [1.29, 1.82) is 0 Å². The largest absolute Gasteiger partial charge is 0.310 e. The van der Waals surface area contributed by atoms with Gasteiger partial charge in [-0.1, -0.05) is 6.92 Å². The van der Waals surface area contributed by atoms with Crippen molar-refractivity contribution in [2.45, 2.75) is 44.7 Å². The average Bonchev–Trinajstić information content (AvgIpc) is 2.62. The Morgan fingerprint density at radius 3 is 2.54 bits per heavy atom. The van der Waals surface area contributed by atoms with Gasteiger partial charge in [0.25, 0.3) is 0 Å². The molecule has 1 heterocycles. The molecule has 2 aliphatic rings. The van der Waals surface area contributed by atoms with Crippen LogP contribution in [0.5, 0.6) is 0 Å². The first kappa shape index (κ1) is 9.47. The molecular weight excluding hydrogens is 160 g/mol. The molecule has 1 N–H and O–H groups in total. The molecule has 0 unspecified atom stereocenters. The lowest BCUT2D eigenvalue weighted by Crippen LogP contribution is -2.38. The number of rotatable bonds is 2. The van der Waals surface area contributed by atoms with Gasteiger partial charge in [-0.2, -0.15) is 0 Å². The van der Waals surface area contributed by atoms with Gasteiger partial charge in [-0.3, -0.25) is 0 Å². The zero-order valence-corrected chi connectivity index (χ0v) is 8.92. The van der Waals surface area contributed by atoms with Crippen LogP contribution in [0, 0.1) is 5.92 Å². The highest BCUT2D eigenvalue weighted by Gasteiger charge is 2.26. The highest BCUT2D eigenvalue weighted by Crippen LogP contribution is 2.25. The first-order valence-electron chi connectivity index (χ1n) is 5.68. The second kappa shape index (κ2) is 3.97. The van der Waals surface area contributed by atoms with Gasteiger partial charge in [0.15, 0.2) is 0 Å². The highest BCUT2D eigenvalue weighted by molar-refractivity contribution is 4.86. The van der Waals surface area contributed by atoms with E-state index in [1.165, 1.54) is 38.8 Å². The number of hydrogen-bond acceptors (Lipinski definition) is 2.